The normalized spacial score (nSPS) is 25.1. The second-order valence-corrected chi connectivity index (χ2v) is 8.63. The molecule has 1 aromatic rings. The van der Waals surface area contributed by atoms with Crippen molar-refractivity contribution in [1.82, 2.24) is 9.80 Å². The number of carbonyl (C=O) groups excluding carboxylic acids is 2. The number of ether oxygens (including phenoxy) is 3. The fourth-order valence-electron chi connectivity index (χ4n) is 4.80. The van der Waals surface area contributed by atoms with Gasteiger partial charge in [0, 0.05) is 57.4 Å². The number of rotatable bonds is 4. The number of amides is 2. The molecule has 3 fully saturated rings. The molecule has 1 saturated carbocycles. The van der Waals surface area contributed by atoms with E-state index in [0.29, 0.717) is 50.8 Å². The van der Waals surface area contributed by atoms with Crippen molar-refractivity contribution in [3.8, 4) is 11.5 Å². The summed E-state index contributed by atoms with van der Waals surface area (Å²) in [4.78, 5) is 28.9. The lowest BCUT2D eigenvalue weighted by molar-refractivity contribution is -0.142. The van der Waals surface area contributed by atoms with Crippen LogP contribution in [0.1, 0.15) is 38.5 Å². The zero-order valence-electron chi connectivity index (χ0n) is 17.2. The minimum Gasteiger partial charge on any atom is -0.448 e. The van der Waals surface area contributed by atoms with E-state index in [4.69, 9.17) is 14.2 Å². The molecule has 8 heteroatoms. The molecule has 2 amide bonds. The van der Waals surface area contributed by atoms with Crippen molar-refractivity contribution in [1.29, 1.82) is 0 Å². The number of nitrogens with zero attached hydrogens (tertiary/aromatic N) is 2. The number of hydrogen-bond donors (Lipinski definition) is 1. The summed E-state index contributed by atoms with van der Waals surface area (Å²) in [5.74, 6) is 0.990. The van der Waals surface area contributed by atoms with Crippen molar-refractivity contribution in [2.45, 2.75) is 50.4 Å². The van der Waals surface area contributed by atoms with Crippen molar-refractivity contribution >= 4 is 17.5 Å². The van der Waals surface area contributed by atoms with Crippen LogP contribution in [0.4, 0.5) is 5.69 Å². The van der Waals surface area contributed by atoms with Gasteiger partial charge in [-0.05, 0) is 37.8 Å². The first-order valence-electron chi connectivity index (χ1n) is 11.0. The van der Waals surface area contributed by atoms with Crippen molar-refractivity contribution in [3.05, 3.63) is 18.2 Å². The summed E-state index contributed by atoms with van der Waals surface area (Å²) in [5, 5.41) is 2.96. The predicted molar refractivity (Wildman–Crippen MR) is 110 cm³/mol. The Morgan fingerprint density at radius 3 is 2.53 bits per heavy atom. The van der Waals surface area contributed by atoms with Crippen LogP contribution in [-0.2, 0) is 14.3 Å². The molecule has 1 N–H and O–H groups in total. The van der Waals surface area contributed by atoms with Crippen LogP contribution < -0.4 is 14.8 Å². The van der Waals surface area contributed by atoms with E-state index in [0.717, 1.165) is 44.3 Å². The Kier molecular flexibility index (Phi) is 5.28. The second-order valence-electron chi connectivity index (χ2n) is 8.63. The fourth-order valence-corrected chi connectivity index (χ4v) is 4.80. The first-order chi connectivity index (χ1) is 14.6. The van der Waals surface area contributed by atoms with Gasteiger partial charge in [0.2, 0.25) is 5.91 Å². The molecule has 1 aliphatic carbocycles. The summed E-state index contributed by atoms with van der Waals surface area (Å²) in [7, 11) is 0. The summed E-state index contributed by atoms with van der Waals surface area (Å²) in [5.41, 5.74) is 0.713. The average molecular weight is 415 g/mol. The maximum Gasteiger partial charge on any atom is 0.251 e. The van der Waals surface area contributed by atoms with E-state index in [-0.39, 0.29) is 17.9 Å². The molecule has 1 aromatic carbocycles. The average Bonchev–Trinajstić information content (AvgIpc) is 3.49. The van der Waals surface area contributed by atoms with Gasteiger partial charge in [0.05, 0.1) is 6.54 Å². The molecule has 8 nitrogen and oxygen atoms in total. The number of anilines is 1. The van der Waals surface area contributed by atoms with Gasteiger partial charge in [0.1, 0.15) is 6.10 Å². The number of hydrogen-bond acceptors (Lipinski definition) is 6. The summed E-state index contributed by atoms with van der Waals surface area (Å²) < 4.78 is 17.6. The van der Waals surface area contributed by atoms with E-state index in [1.54, 1.807) is 0 Å². The molecule has 3 aliphatic heterocycles. The number of carbonyl (C=O) groups is 2. The molecule has 1 spiro atoms. The molecule has 162 valence electrons. The van der Waals surface area contributed by atoms with Crippen molar-refractivity contribution < 1.29 is 23.8 Å². The first kappa shape index (κ1) is 19.6. The van der Waals surface area contributed by atoms with Crippen LogP contribution in [0.2, 0.25) is 0 Å². The third kappa shape index (κ3) is 3.98. The SMILES string of the molecule is O=C(CN1CCN(C(=O)C2CCCO2)CC1)Nc1ccc2c(c1)OC1(CCCC1)O2. The summed E-state index contributed by atoms with van der Waals surface area (Å²) in [6.07, 6.45) is 5.55. The third-order valence-electron chi connectivity index (χ3n) is 6.44. The van der Waals surface area contributed by atoms with Crippen LogP contribution in [0.3, 0.4) is 0 Å². The molecule has 1 unspecified atom stereocenters. The molecule has 3 heterocycles. The zero-order valence-corrected chi connectivity index (χ0v) is 17.2. The van der Waals surface area contributed by atoms with Crippen molar-refractivity contribution in [2.75, 3.05) is 44.6 Å². The van der Waals surface area contributed by atoms with Gasteiger partial charge in [-0.3, -0.25) is 14.5 Å². The lowest BCUT2D eigenvalue weighted by Gasteiger charge is -2.35. The van der Waals surface area contributed by atoms with Gasteiger partial charge in [-0.25, -0.2) is 0 Å². The lowest BCUT2D eigenvalue weighted by atomic mass is 10.2. The second kappa shape index (κ2) is 8.07. The van der Waals surface area contributed by atoms with Gasteiger partial charge in [-0.2, -0.15) is 0 Å². The Morgan fingerprint density at radius 1 is 1.03 bits per heavy atom. The van der Waals surface area contributed by atoms with Crippen LogP contribution >= 0.6 is 0 Å². The van der Waals surface area contributed by atoms with E-state index in [1.807, 2.05) is 23.1 Å². The van der Waals surface area contributed by atoms with E-state index in [1.165, 1.54) is 0 Å². The van der Waals surface area contributed by atoms with Crippen LogP contribution in [-0.4, -0.2) is 72.8 Å². The predicted octanol–water partition coefficient (Wildman–Crippen LogP) is 1.99. The smallest absolute Gasteiger partial charge is 0.251 e. The highest BCUT2D eigenvalue weighted by Crippen LogP contribution is 2.47. The third-order valence-corrected chi connectivity index (χ3v) is 6.44. The monoisotopic (exact) mass is 415 g/mol. The Hall–Kier alpha value is -2.32. The Morgan fingerprint density at radius 2 is 1.80 bits per heavy atom. The molecular weight excluding hydrogens is 386 g/mol. The standard InChI is InChI=1S/C22H29N3O5/c26-20(15-24-9-11-25(12-10-24)21(27)18-4-3-13-28-18)23-16-5-6-17-19(14-16)30-22(29-17)7-1-2-8-22/h5-6,14,18H,1-4,7-13,15H2,(H,23,26). The van der Waals surface area contributed by atoms with Crippen LogP contribution in [0.5, 0.6) is 11.5 Å². The minimum absolute atomic E-state index is 0.0663. The Bertz CT molecular complexity index is 809. The van der Waals surface area contributed by atoms with Crippen molar-refractivity contribution in [3.63, 3.8) is 0 Å². The van der Waals surface area contributed by atoms with E-state index in [9.17, 15) is 9.59 Å². The summed E-state index contributed by atoms with van der Waals surface area (Å²) in [6.45, 7) is 3.64. The highest BCUT2D eigenvalue weighted by molar-refractivity contribution is 5.92. The molecule has 0 bridgehead atoms. The minimum atomic E-state index is -0.494. The number of benzene rings is 1. The quantitative estimate of drug-likeness (QED) is 0.810. The summed E-state index contributed by atoms with van der Waals surface area (Å²) >= 11 is 0. The van der Waals surface area contributed by atoms with E-state index < -0.39 is 5.79 Å². The molecule has 4 aliphatic rings. The van der Waals surface area contributed by atoms with Gasteiger partial charge in [0.15, 0.2) is 11.5 Å². The fraction of sp³-hybridized carbons (Fsp3) is 0.636. The zero-order chi connectivity index (χ0) is 20.6. The van der Waals surface area contributed by atoms with Gasteiger partial charge in [0.25, 0.3) is 11.7 Å². The molecule has 2 saturated heterocycles. The number of piperazine rings is 1. The number of fused-ring (bicyclic) bond motifs is 1. The van der Waals surface area contributed by atoms with Crippen LogP contribution in [0, 0.1) is 0 Å². The largest absolute Gasteiger partial charge is 0.448 e. The van der Waals surface area contributed by atoms with Crippen LogP contribution in [0.25, 0.3) is 0 Å². The molecule has 30 heavy (non-hydrogen) atoms. The first-order valence-corrected chi connectivity index (χ1v) is 11.0. The molecule has 0 radical (unpaired) electrons. The molecular formula is C22H29N3O5. The number of nitrogens with one attached hydrogen (secondary N) is 1. The maximum atomic E-state index is 12.5. The molecule has 5 rings (SSSR count). The van der Waals surface area contributed by atoms with E-state index in [2.05, 4.69) is 10.2 Å². The topological polar surface area (TPSA) is 80.3 Å². The van der Waals surface area contributed by atoms with Gasteiger partial charge >= 0.3 is 0 Å². The molecule has 0 aromatic heterocycles. The van der Waals surface area contributed by atoms with Gasteiger partial charge in [-0.15, -0.1) is 0 Å². The van der Waals surface area contributed by atoms with Gasteiger partial charge < -0.3 is 24.4 Å². The molecule has 1 atom stereocenters. The lowest BCUT2D eigenvalue weighted by Crippen LogP contribution is -2.52. The summed E-state index contributed by atoms with van der Waals surface area (Å²) in [6, 6.07) is 5.57. The Balaban J connectivity index is 1.10. The highest BCUT2D eigenvalue weighted by atomic mass is 16.7. The Labute approximate surface area is 176 Å². The van der Waals surface area contributed by atoms with Crippen LogP contribution in [0.15, 0.2) is 18.2 Å². The van der Waals surface area contributed by atoms with Crippen molar-refractivity contribution in [2.24, 2.45) is 0 Å². The van der Waals surface area contributed by atoms with Gasteiger partial charge in [-0.1, -0.05) is 0 Å². The maximum absolute atomic E-state index is 12.5. The highest BCUT2D eigenvalue weighted by Gasteiger charge is 2.44. The van der Waals surface area contributed by atoms with E-state index >= 15 is 0 Å².